The zero-order valence-corrected chi connectivity index (χ0v) is 21.1. The summed E-state index contributed by atoms with van der Waals surface area (Å²) in [6.07, 6.45) is 15.3. The molecule has 0 aromatic heterocycles. The van der Waals surface area contributed by atoms with Gasteiger partial charge in [-0.1, -0.05) is 48.0 Å². The summed E-state index contributed by atoms with van der Waals surface area (Å²) in [5.41, 5.74) is 2.41. The smallest absolute Gasteiger partial charge is 0.133 e. The zero-order valence-electron chi connectivity index (χ0n) is 21.1. The Morgan fingerprint density at radius 1 is 0.633 bits per heavy atom. The topological polar surface area (TPSA) is 17.1 Å². The molecule has 0 aromatic carbocycles. The quantitative estimate of drug-likeness (QED) is 0.425. The van der Waals surface area contributed by atoms with Crippen molar-refractivity contribution in [2.45, 2.75) is 119 Å². The third-order valence-electron chi connectivity index (χ3n) is 13.2. The molecule has 0 saturated heterocycles. The lowest BCUT2D eigenvalue weighted by Gasteiger charge is -2.73. The Morgan fingerprint density at radius 3 is 1.87 bits per heavy atom. The molecule has 0 amide bonds. The van der Waals surface area contributed by atoms with Gasteiger partial charge in [0.2, 0.25) is 0 Å². The van der Waals surface area contributed by atoms with Gasteiger partial charge >= 0.3 is 0 Å². The van der Waals surface area contributed by atoms with Crippen LogP contribution in [0, 0.1) is 56.7 Å². The van der Waals surface area contributed by atoms with Gasteiger partial charge in [-0.2, -0.15) is 0 Å². The molecule has 1 nitrogen and oxygen atoms in total. The number of carbonyl (C=O) groups is 1. The van der Waals surface area contributed by atoms with Gasteiger partial charge in [-0.15, -0.1) is 0 Å². The number of carbonyl (C=O) groups excluding carboxylic acids is 1. The van der Waals surface area contributed by atoms with Gasteiger partial charge in [-0.3, -0.25) is 4.79 Å². The van der Waals surface area contributed by atoms with Crippen molar-refractivity contribution in [1.29, 1.82) is 0 Å². The molecule has 5 fully saturated rings. The van der Waals surface area contributed by atoms with Gasteiger partial charge in [-0.05, 0) is 122 Å². The van der Waals surface area contributed by atoms with Crippen LogP contribution in [0.3, 0.4) is 0 Å². The van der Waals surface area contributed by atoms with E-state index in [0.29, 0.717) is 44.7 Å². The fourth-order valence-corrected chi connectivity index (χ4v) is 11.8. The molecule has 0 aliphatic heterocycles. The summed E-state index contributed by atoms with van der Waals surface area (Å²) in [7, 11) is 0. The highest BCUT2D eigenvalue weighted by Gasteiger charge is 2.70. The Bertz CT molecular complexity index is 737. The molecule has 0 spiro atoms. The van der Waals surface area contributed by atoms with Crippen molar-refractivity contribution < 1.29 is 4.79 Å². The summed E-state index contributed by atoms with van der Waals surface area (Å²) in [5.74, 6) is 4.13. The summed E-state index contributed by atoms with van der Waals surface area (Å²) >= 11 is 0. The first-order valence-corrected chi connectivity index (χ1v) is 13.4. The molecule has 0 bridgehead atoms. The summed E-state index contributed by atoms with van der Waals surface area (Å²) in [4.78, 5) is 12.4. The van der Waals surface area contributed by atoms with Crippen LogP contribution >= 0.6 is 0 Å². The summed E-state index contributed by atoms with van der Waals surface area (Å²) < 4.78 is 0. The fraction of sp³-hybridized carbons (Fsp3) is 0.966. The molecule has 0 radical (unpaired) electrons. The predicted octanol–water partition coefficient (Wildman–Crippen LogP) is 8.07. The van der Waals surface area contributed by atoms with Crippen molar-refractivity contribution in [3.05, 3.63) is 0 Å². The summed E-state index contributed by atoms with van der Waals surface area (Å²) in [5, 5.41) is 0. The average molecular weight is 413 g/mol. The van der Waals surface area contributed by atoms with Crippen molar-refractivity contribution in [2.24, 2.45) is 56.7 Å². The number of Topliss-reactive ketones (excluding diaryl/α,β-unsaturated/α-hetero) is 1. The maximum Gasteiger partial charge on any atom is 0.133 e. The number of hydrogen-bond acceptors (Lipinski definition) is 1. The molecule has 0 heterocycles. The Kier molecular flexibility index (Phi) is 4.57. The van der Waals surface area contributed by atoms with Crippen molar-refractivity contribution in [2.75, 3.05) is 0 Å². The Hall–Kier alpha value is -0.330. The Balaban J connectivity index is 1.53. The molecular formula is C29H48O. The van der Waals surface area contributed by atoms with Crippen LogP contribution in [0.2, 0.25) is 0 Å². The average Bonchev–Trinajstić information content (AvgIpc) is 2.99. The molecular weight excluding hydrogens is 364 g/mol. The van der Waals surface area contributed by atoms with Gasteiger partial charge in [-0.25, -0.2) is 0 Å². The Labute approximate surface area is 186 Å². The molecule has 1 heteroatoms. The van der Waals surface area contributed by atoms with Crippen LogP contribution in [-0.2, 0) is 4.79 Å². The second-order valence-corrected chi connectivity index (χ2v) is 14.4. The first kappa shape index (κ1) is 21.5. The van der Waals surface area contributed by atoms with Crippen molar-refractivity contribution in [1.82, 2.24) is 0 Å². The minimum Gasteiger partial charge on any atom is -0.300 e. The lowest BCUT2D eigenvalue weighted by Crippen LogP contribution is -2.65. The van der Waals surface area contributed by atoms with Crippen LogP contribution in [0.4, 0.5) is 0 Å². The molecule has 0 aromatic rings. The maximum absolute atomic E-state index is 12.4. The fourth-order valence-electron chi connectivity index (χ4n) is 11.8. The highest BCUT2D eigenvalue weighted by molar-refractivity contribution is 5.79. The van der Waals surface area contributed by atoms with E-state index in [9.17, 15) is 4.79 Å². The predicted molar refractivity (Wildman–Crippen MR) is 125 cm³/mol. The molecule has 9 atom stereocenters. The minimum atomic E-state index is 0.359. The maximum atomic E-state index is 12.4. The third-order valence-corrected chi connectivity index (χ3v) is 13.2. The molecule has 30 heavy (non-hydrogen) atoms. The van der Waals surface area contributed by atoms with Crippen LogP contribution < -0.4 is 0 Å². The van der Waals surface area contributed by atoms with Crippen molar-refractivity contribution in [3.63, 3.8) is 0 Å². The molecule has 5 unspecified atom stereocenters. The standard InChI is InChI=1S/C29H48O/c1-19(30)20-11-16-26(4)21(20)12-17-28(6)23(26)9-10-24-27(5)15-8-14-25(2,3)22(27)13-18-29(24,28)7/h20-24H,8-18H2,1-7H3/t20?,21?,22?,23?,24?,26-,27-,28+,29+/m0/s1. The second-order valence-electron chi connectivity index (χ2n) is 14.4. The van der Waals surface area contributed by atoms with Gasteiger partial charge in [0.25, 0.3) is 0 Å². The van der Waals surface area contributed by atoms with E-state index in [1.807, 2.05) is 6.92 Å². The van der Waals surface area contributed by atoms with Crippen LogP contribution in [0.5, 0.6) is 0 Å². The van der Waals surface area contributed by atoms with Crippen LogP contribution in [0.25, 0.3) is 0 Å². The van der Waals surface area contributed by atoms with E-state index in [1.165, 1.54) is 64.2 Å². The molecule has 5 aliphatic carbocycles. The molecule has 0 N–H and O–H groups in total. The summed E-state index contributed by atoms with van der Waals surface area (Å²) in [6.45, 7) is 17.8. The summed E-state index contributed by atoms with van der Waals surface area (Å²) in [6, 6.07) is 0. The second kappa shape index (κ2) is 6.38. The van der Waals surface area contributed by atoms with Crippen LogP contribution in [0.15, 0.2) is 0 Å². The monoisotopic (exact) mass is 412 g/mol. The first-order chi connectivity index (χ1) is 13.9. The van der Waals surface area contributed by atoms with E-state index in [1.54, 1.807) is 0 Å². The van der Waals surface area contributed by atoms with E-state index in [4.69, 9.17) is 0 Å². The Morgan fingerprint density at radius 2 is 1.23 bits per heavy atom. The van der Waals surface area contributed by atoms with Gasteiger partial charge in [0.1, 0.15) is 5.78 Å². The number of rotatable bonds is 1. The van der Waals surface area contributed by atoms with Gasteiger partial charge in [0, 0.05) is 5.92 Å². The van der Waals surface area contributed by atoms with Gasteiger partial charge < -0.3 is 0 Å². The molecule has 5 aliphatic rings. The van der Waals surface area contributed by atoms with Crippen molar-refractivity contribution >= 4 is 5.78 Å². The van der Waals surface area contributed by atoms with E-state index < -0.39 is 0 Å². The zero-order chi connectivity index (χ0) is 21.7. The lowest BCUT2D eigenvalue weighted by molar-refractivity contribution is -0.240. The van der Waals surface area contributed by atoms with Crippen LogP contribution in [-0.4, -0.2) is 5.78 Å². The van der Waals surface area contributed by atoms with E-state index in [-0.39, 0.29) is 0 Å². The third kappa shape index (κ3) is 2.45. The largest absolute Gasteiger partial charge is 0.300 e. The first-order valence-electron chi connectivity index (χ1n) is 13.4. The number of ketones is 1. The van der Waals surface area contributed by atoms with Crippen molar-refractivity contribution in [3.8, 4) is 0 Å². The SMILES string of the molecule is CC(=O)C1CC[C@@]2(C)C1CC[C@]1(C)C2CCC2[C@@]3(C)CCCC(C)(C)C3CC[C@]21C. The minimum absolute atomic E-state index is 0.359. The van der Waals surface area contributed by atoms with E-state index >= 15 is 0 Å². The van der Waals surface area contributed by atoms with Gasteiger partial charge in [0.15, 0.2) is 0 Å². The molecule has 5 saturated carbocycles. The normalized spacial score (nSPS) is 57.0. The van der Waals surface area contributed by atoms with Crippen LogP contribution in [0.1, 0.15) is 119 Å². The highest BCUT2D eigenvalue weighted by atomic mass is 16.1. The number of fused-ring (bicyclic) bond motifs is 7. The molecule has 170 valence electrons. The molecule has 5 rings (SSSR count). The lowest BCUT2D eigenvalue weighted by atomic mass is 9.32. The van der Waals surface area contributed by atoms with E-state index in [0.717, 1.165) is 24.2 Å². The van der Waals surface area contributed by atoms with Gasteiger partial charge in [0.05, 0.1) is 0 Å². The number of hydrogen-bond donors (Lipinski definition) is 0. The van der Waals surface area contributed by atoms with E-state index in [2.05, 4.69) is 41.5 Å². The highest BCUT2D eigenvalue weighted by Crippen LogP contribution is 2.77.